The van der Waals surface area contributed by atoms with E-state index in [1.165, 1.54) is 56.8 Å². The largest absolute Gasteiger partial charge is 0.497 e. The number of rotatable bonds is 9. The minimum Gasteiger partial charge on any atom is -0.497 e. The molecule has 1 N–H and O–H groups in total. The highest BCUT2D eigenvalue weighted by Gasteiger charge is 2.27. The third-order valence-corrected chi connectivity index (χ3v) is 6.62. The Bertz CT molecular complexity index is 1230. The molecule has 33 heavy (non-hydrogen) atoms. The average Bonchev–Trinajstić information content (AvgIpc) is 2.83. The number of sulfonamides is 1. The molecular formula is C23H22ClN3O5S. The molecule has 0 radical (unpaired) electrons. The van der Waals surface area contributed by atoms with Crippen LogP contribution in [-0.4, -0.2) is 41.3 Å². The van der Waals surface area contributed by atoms with Gasteiger partial charge in [-0.15, -0.1) is 0 Å². The van der Waals surface area contributed by atoms with E-state index >= 15 is 0 Å². The standard InChI is InChI=1S/C23H22ClN3O5S/c1-31-20-11-13-21(14-12-20)33(29,30)27(19-9-7-18(24)8-10-19)16-23(28)26-25-15-17-5-3-4-6-22(17)32-2/h3-15H,16H2,1-2H3,(H,26,28)/b25-15-. The van der Waals surface area contributed by atoms with Crippen LogP contribution in [0.25, 0.3) is 0 Å². The average molecular weight is 488 g/mol. The number of nitrogens with zero attached hydrogens (tertiary/aromatic N) is 2. The first-order valence-electron chi connectivity index (χ1n) is 9.72. The van der Waals surface area contributed by atoms with Gasteiger partial charge in [0.2, 0.25) is 0 Å². The van der Waals surface area contributed by atoms with Crippen LogP contribution in [-0.2, 0) is 14.8 Å². The molecule has 0 atom stereocenters. The van der Waals surface area contributed by atoms with Crippen LogP contribution in [0, 0.1) is 0 Å². The van der Waals surface area contributed by atoms with Crippen molar-refractivity contribution >= 4 is 39.4 Å². The van der Waals surface area contributed by atoms with Gasteiger partial charge in [-0.2, -0.15) is 5.10 Å². The normalized spacial score (nSPS) is 11.2. The number of hydrogen-bond acceptors (Lipinski definition) is 6. The molecule has 0 aliphatic carbocycles. The van der Waals surface area contributed by atoms with Gasteiger partial charge in [-0.25, -0.2) is 13.8 Å². The summed E-state index contributed by atoms with van der Waals surface area (Å²) in [5.74, 6) is 0.462. The lowest BCUT2D eigenvalue weighted by Crippen LogP contribution is -2.39. The number of ether oxygens (including phenoxy) is 2. The van der Waals surface area contributed by atoms with E-state index in [0.29, 0.717) is 22.1 Å². The quantitative estimate of drug-likeness (QED) is 0.366. The lowest BCUT2D eigenvalue weighted by Gasteiger charge is -2.23. The number of anilines is 1. The van der Waals surface area contributed by atoms with Crippen molar-refractivity contribution in [1.29, 1.82) is 0 Å². The van der Waals surface area contributed by atoms with Crippen molar-refractivity contribution in [3.05, 3.63) is 83.4 Å². The summed E-state index contributed by atoms with van der Waals surface area (Å²) in [5, 5.41) is 4.36. The molecule has 0 fully saturated rings. The maximum atomic E-state index is 13.3. The molecule has 0 heterocycles. The van der Waals surface area contributed by atoms with Gasteiger partial charge in [0.15, 0.2) is 0 Å². The van der Waals surface area contributed by atoms with Crippen molar-refractivity contribution in [2.45, 2.75) is 4.90 Å². The van der Waals surface area contributed by atoms with Crippen LogP contribution >= 0.6 is 11.6 Å². The van der Waals surface area contributed by atoms with Crippen LogP contribution < -0.4 is 19.2 Å². The van der Waals surface area contributed by atoms with Gasteiger partial charge < -0.3 is 9.47 Å². The maximum Gasteiger partial charge on any atom is 0.264 e. The van der Waals surface area contributed by atoms with Crippen LogP contribution in [0.5, 0.6) is 11.5 Å². The van der Waals surface area contributed by atoms with Gasteiger partial charge in [0.1, 0.15) is 18.0 Å². The van der Waals surface area contributed by atoms with Crippen LogP contribution in [0.4, 0.5) is 5.69 Å². The first-order valence-corrected chi connectivity index (χ1v) is 11.5. The number of halogens is 1. The fraction of sp³-hybridized carbons (Fsp3) is 0.130. The molecule has 0 spiro atoms. The van der Waals surface area contributed by atoms with Gasteiger partial charge >= 0.3 is 0 Å². The van der Waals surface area contributed by atoms with E-state index in [4.69, 9.17) is 21.1 Å². The molecule has 3 rings (SSSR count). The first kappa shape index (κ1) is 24.1. The summed E-state index contributed by atoms with van der Waals surface area (Å²) in [6.45, 7) is -0.501. The fourth-order valence-corrected chi connectivity index (χ4v) is 4.46. The predicted octanol–water partition coefficient (Wildman–Crippen LogP) is 3.70. The van der Waals surface area contributed by atoms with Gasteiger partial charge in [-0.05, 0) is 60.7 Å². The van der Waals surface area contributed by atoms with E-state index in [1.54, 1.807) is 30.3 Å². The highest BCUT2D eigenvalue weighted by Crippen LogP contribution is 2.26. The number of carbonyl (C=O) groups is 1. The molecular weight excluding hydrogens is 466 g/mol. The van der Waals surface area contributed by atoms with Crippen molar-refractivity contribution in [3.63, 3.8) is 0 Å². The number of hydrogen-bond donors (Lipinski definition) is 1. The second-order valence-electron chi connectivity index (χ2n) is 6.70. The summed E-state index contributed by atoms with van der Waals surface area (Å²) < 4.78 is 38.0. The smallest absolute Gasteiger partial charge is 0.264 e. The lowest BCUT2D eigenvalue weighted by atomic mass is 10.2. The number of para-hydroxylation sites is 1. The monoisotopic (exact) mass is 487 g/mol. The highest BCUT2D eigenvalue weighted by atomic mass is 35.5. The Balaban J connectivity index is 1.84. The van der Waals surface area contributed by atoms with Crippen molar-refractivity contribution in [3.8, 4) is 11.5 Å². The van der Waals surface area contributed by atoms with E-state index in [2.05, 4.69) is 10.5 Å². The Labute approximate surface area is 197 Å². The third-order valence-electron chi connectivity index (χ3n) is 4.58. The summed E-state index contributed by atoms with van der Waals surface area (Å²) >= 11 is 5.95. The summed E-state index contributed by atoms with van der Waals surface area (Å²) in [7, 11) is -1.06. The summed E-state index contributed by atoms with van der Waals surface area (Å²) in [6.07, 6.45) is 1.42. The third kappa shape index (κ3) is 6.03. The molecule has 0 aliphatic heterocycles. The molecule has 8 nitrogen and oxygen atoms in total. The second-order valence-corrected chi connectivity index (χ2v) is 9.00. The van der Waals surface area contributed by atoms with Gasteiger partial charge in [0.25, 0.3) is 15.9 Å². The van der Waals surface area contributed by atoms with Crippen molar-refractivity contribution < 1.29 is 22.7 Å². The Morgan fingerprint density at radius 2 is 1.67 bits per heavy atom. The fourth-order valence-electron chi connectivity index (χ4n) is 2.91. The van der Waals surface area contributed by atoms with Gasteiger partial charge in [0.05, 0.1) is 31.0 Å². The van der Waals surface area contributed by atoms with Gasteiger partial charge in [0, 0.05) is 10.6 Å². The number of nitrogens with one attached hydrogen (secondary N) is 1. The topological polar surface area (TPSA) is 97.3 Å². The molecule has 172 valence electrons. The summed E-state index contributed by atoms with van der Waals surface area (Å²) in [6, 6.07) is 19.2. The Hall–Kier alpha value is -3.56. The number of amides is 1. The van der Waals surface area contributed by atoms with Crippen LogP contribution in [0.2, 0.25) is 5.02 Å². The first-order chi connectivity index (χ1) is 15.8. The molecule has 3 aromatic carbocycles. The van der Waals surface area contributed by atoms with Crippen LogP contribution in [0.3, 0.4) is 0 Å². The Kier molecular flexibility index (Phi) is 7.92. The van der Waals surface area contributed by atoms with E-state index in [0.717, 1.165) is 4.31 Å². The zero-order valence-electron chi connectivity index (χ0n) is 17.9. The minimum atomic E-state index is -4.07. The van der Waals surface area contributed by atoms with E-state index in [1.807, 2.05) is 6.07 Å². The Morgan fingerprint density at radius 3 is 2.30 bits per heavy atom. The van der Waals surface area contributed by atoms with Gasteiger partial charge in [-0.1, -0.05) is 23.7 Å². The van der Waals surface area contributed by atoms with Crippen LogP contribution in [0.15, 0.2) is 82.8 Å². The zero-order chi connectivity index (χ0) is 23.8. The molecule has 0 unspecified atom stereocenters. The molecule has 0 bridgehead atoms. The number of carbonyl (C=O) groups excluding carboxylic acids is 1. The molecule has 10 heteroatoms. The van der Waals surface area contributed by atoms with E-state index in [9.17, 15) is 13.2 Å². The Morgan fingerprint density at radius 1 is 1.00 bits per heavy atom. The molecule has 0 saturated heterocycles. The lowest BCUT2D eigenvalue weighted by molar-refractivity contribution is -0.119. The van der Waals surface area contributed by atoms with Crippen LogP contribution in [0.1, 0.15) is 5.56 Å². The highest BCUT2D eigenvalue weighted by molar-refractivity contribution is 7.92. The molecule has 1 amide bonds. The van der Waals surface area contributed by atoms with Crippen molar-refractivity contribution in [2.24, 2.45) is 5.10 Å². The molecule has 0 aromatic heterocycles. The summed E-state index contributed by atoms with van der Waals surface area (Å²) in [5.41, 5.74) is 3.29. The summed E-state index contributed by atoms with van der Waals surface area (Å²) in [4.78, 5) is 12.6. The maximum absolute atomic E-state index is 13.3. The molecule has 3 aromatic rings. The number of benzene rings is 3. The number of hydrazone groups is 1. The minimum absolute atomic E-state index is 0.00331. The zero-order valence-corrected chi connectivity index (χ0v) is 19.5. The number of methoxy groups -OCH3 is 2. The molecule has 0 saturated carbocycles. The van der Waals surface area contributed by atoms with E-state index < -0.39 is 22.5 Å². The van der Waals surface area contributed by atoms with Crippen molar-refractivity contribution in [2.75, 3.05) is 25.1 Å². The van der Waals surface area contributed by atoms with Gasteiger partial charge in [-0.3, -0.25) is 9.10 Å². The van der Waals surface area contributed by atoms with E-state index in [-0.39, 0.29) is 10.6 Å². The SMILES string of the molecule is COc1ccc(S(=O)(=O)N(CC(=O)N/N=C\c2ccccc2OC)c2ccc(Cl)cc2)cc1. The second kappa shape index (κ2) is 10.8. The van der Waals surface area contributed by atoms with Crippen molar-refractivity contribution in [1.82, 2.24) is 5.43 Å². The molecule has 0 aliphatic rings. The predicted molar refractivity (Wildman–Crippen MR) is 128 cm³/mol.